The van der Waals surface area contributed by atoms with Gasteiger partial charge >= 0.3 is 0 Å². The molecule has 14 heavy (non-hydrogen) atoms. The third-order valence-corrected chi connectivity index (χ3v) is 5.47. The topological polar surface area (TPSA) is 3.24 Å². The molecule has 0 radical (unpaired) electrons. The van der Waals surface area contributed by atoms with Crippen molar-refractivity contribution in [3.05, 3.63) is 11.3 Å². The first-order chi connectivity index (χ1) is 6.52. The molecule has 0 aromatic rings. The molecule has 0 aliphatic carbocycles. The molecule has 0 atom stereocenters. The van der Waals surface area contributed by atoms with E-state index in [-0.39, 0.29) is 9.68 Å². The van der Waals surface area contributed by atoms with Gasteiger partial charge in [0.25, 0.3) is 0 Å². The highest BCUT2D eigenvalue weighted by atomic mass is 28.2. The fraction of sp³-hybridized carbons (Fsp3) is 0.833. The summed E-state index contributed by atoms with van der Waals surface area (Å²) in [6, 6.07) is 1.40. The van der Waals surface area contributed by atoms with Gasteiger partial charge in [-0.3, -0.25) is 0 Å². The Balaban J connectivity index is 4.24. The lowest BCUT2D eigenvalue weighted by molar-refractivity contribution is 0.315. The molecule has 0 aliphatic rings. The van der Waals surface area contributed by atoms with Crippen molar-refractivity contribution in [2.45, 2.75) is 66.5 Å². The van der Waals surface area contributed by atoms with Crippen LogP contribution >= 0.6 is 0 Å². The predicted octanol–water partition coefficient (Wildman–Crippen LogP) is 2.89. The molecule has 0 spiro atoms. The van der Waals surface area contributed by atoms with E-state index in [0.717, 1.165) is 0 Å². The Morgan fingerprint density at radius 3 is 1.79 bits per heavy atom. The first-order valence-electron chi connectivity index (χ1n) is 5.96. The van der Waals surface area contributed by atoms with Gasteiger partial charge in [0.2, 0.25) is 0 Å². The Morgan fingerprint density at radius 2 is 1.50 bits per heavy atom. The minimum Gasteiger partial charge on any atom is -0.321 e. The van der Waals surface area contributed by atoms with Crippen molar-refractivity contribution in [2.24, 2.45) is 0 Å². The Hall–Kier alpha value is -0.0831. The molecule has 0 fully saturated rings. The summed E-state index contributed by atoms with van der Waals surface area (Å²) in [5, 5.41) is 0. The predicted molar refractivity (Wildman–Crippen MR) is 69.3 cm³/mol. The Labute approximate surface area is 92.5 Å². The second-order valence-electron chi connectivity index (χ2n) is 4.45. The third-order valence-electron chi connectivity index (χ3n) is 2.83. The van der Waals surface area contributed by atoms with E-state index in [0.29, 0.717) is 12.1 Å². The summed E-state index contributed by atoms with van der Waals surface area (Å²) < 4.78 is 2.66. The lowest BCUT2D eigenvalue weighted by Crippen LogP contribution is -2.39. The molecule has 0 bridgehead atoms. The maximum Gasteiger partial charge on any atom is 0.120 e. The monoisotopic (exact) mass is 213 g/mol. The van der Waals surface area contributed by atoms with Crippen molar-refractivity contribution in [3.63, 3.8) is 0 Å². The van der Waals surface area contributed by atoms with Crippen molar-refractivity contribution in [2.75, 3.05) is 0 Å². The summed E-state index contributed by atoms with van der Waals surface area (Å²) >= 11 is 0. The summed E-state index contributed by atoms with van der Waals surface area (Å²) in [5.41, 5.74) is 4.18. The molecular weight excluding hydrogens is 186 g/mol. The second-order valence-corrected chi connectivity index (χ2v) is 5.96. The molecule has 0 amide bonds. The lowest BCUT2D eigenvalue weighted by Gasteiger charge is -2.29. The standard InChI is InChI=1S/C12H27NSi/c1-7-12(8-2)9-14-13(10(3)4)11(5)6/h9-11H,7-8,14H2,1-6H3. The smallest absolute Gasteiger partial charge is 0.120 e. The van der Waals surface area contributed by atoms with Gasteiger partial charge in [0.15, 0.2) is 0 Å². The lowest BCUT2D eigenvalue weighted by atomic mass is 10.2. The molecule has 0 N–H and O–H groups in total. The molecule has 0 aliphatic heterocycles. The third kappa shape index (κ3) is 4.96. The molecule has 0 aromatic heterocycles. The fourth-order valence-corrected chi connectivity index (χ4v) is 3.68. The van der Waals surface area contributed by atoms with Gasteiger partial charge in [0, 0.05) is 0 Å². The number of allylic oxidation sites excluding steroid dienone is 1. The van der Waals surface area contributed by atoms with E-state index >= 15 is 0 Å². The average molecular weight is 213 g/mol. The maximum absolute atomic E-state index is 2.66. The van der Waals surface area contributed by atoms with E-state index in [2.05, 4.69) is 51.8 Å². The number of nitrogens with zero attached hydrogens (tertiary/aromatic N) is 1. The Bertz CT molecular complexity index is 159. The van der Waals surface area contributed by atoms with E-state index < -0.39 is 0 Å². The first-order valence-corrected chi connectivity index (χ1v) is 7.41. The summed E-state index contributed by atoms with van der Waals surface area (Å²) in [6.07, 6.45) is 2.46. The van der Waals surface area contributed by atoms with Gasteiger partial charge in [0.05, 0.1) is 0 Å². The van der Waals surface area contributed by atoms with Crippen LogP contribution in [0.25, 0.3) is 0 Å². The van der Waals surface area contributed by atoms with Crippen LogP contribution in [0.1, 0.15) is 54.4 Å². The van der Waals surface area contributed by atoms with Crippen LogP contribution in [0.3, 0.4) is 0 Å². The second kappa shape index (κ2) is 7.24. The van der Waals surface area contributed by atoms with Gasteiger partial charge in [-0.15, -0.1) is 0 Å². The van der Waals surface area contributed by atoms with E-state index in [4.69, 9.17) is 0 Å². The summed E-state index contributed by atoms with van der Waals surface area (Å²) in [6.45, 7) is 13.7. The van der Waals surface area contributed by atoms with Crippen molar-refractivity contribution in [1.82, 2.24) is 4.57 Å². The Kier molecular flexibility index (Phi) is 7.20. The van der Waals surface area contributed by atoms with Crippen LogP contribution in [0.2, 0.25) is 0 Å². The van der Waals surface area contributed by atoms with Crippen molar-refractivity contribution >= 4 is 9.68 Å². The Morgan fingerprint density at radius 1 is 1.07 bits per heavy atom. The zero-order valence-electron chi connectivity index (χ0n) is 10.8. The zero-order valence-corrected chi connectivity index (χ0v) is 12.2. The molecule has 0 heterocycles. The SMILES string of the molecule is CCC(=C[SiH2]N(C(C)C)C(C)C)CC. The minimum atomic E-state index is -0.168. The van der Waals surface area contributed by atoms with Crippen LogP contribution < -0.4 is 0 Å². The van der Waals surface area contributed by atoms with E-state index in [1.165, 1.54) is 12.8 Å². The van der Waals surface area contributed by atoms with Gasteiger partial charge < -0.3 is 4.57 Å². The largest absolute Gasteiger partial charge is 0.321 e. The molecule has 0 aromatic carbocycles. The summed E-state index contributed by atoms with van der Waals surface area (Å²) in [4.78, 5) is 0. The number of hydrogen-bond donors (Lipinski definition) is 0. The van der Waals surface area contributed by atoms with Crippen molar-refractivity contribution in [3.8, 4) is 0 Å². The number of rotatable bonds is 6. The summed E-state index contributed by atoms with van der Waals surface area (Å²) in [7, 11) is -0.168. The molecular formula is C12H27NSi. The van der Waals surface area contributed by atoms with Crippen LogP contribution in [0.5, 0.6) is 0 Å². The van der Waals surface area contributed by atoms with Gasteiger partial charge in [-0.25, -0.2) is 0 Å². The molecule has 0 saturated heterocycles. The van der Waals surface area contributed by atoms with Crippen LogP contribution in [0, 0.1) is 0 Å². The highest BCUT2D eigenvalue weighted by molar-refractivity contribution is 6.39. The van der Waals surface area contributed by atoms with Crippen LogP contribution in [-0.4, -0.2) is 26.3 Å². The molecule has 84 valence electrons. The zero-order chi connectivity index (χ0) is 11.1. The summed E-state index contributed by atoms with van der Waals surface area (Å²) in [5.74, 6) is 0. The van der Waals surface area contributed by atoms with Crippen LogP contribution in [0.15, 0.2) is 11.3 Å². The number of hydrogen-bond acceptors (Lipinski definition) is 1. The van der Waals surface area contributed by atoms with Gasteiger partial charge in [-0.2, -0.15) is 0 Å². The molecule has 1 nitrogen and oxygen atoms in total. The minimum absolute atomic E-state index is 0.168. The van der Waals surface area contributed by atoms with Crippen LogP contribution in [0.4, 0.5) is 0 Å². The van der Waals surface area contributed by atoms with Crippen molar-refractivity contribution in [1.29, 1.82) is 0 Å². The highest BCUT2D eigenvalue weighted by Crippen LogP contribution is 2.08. The van der Waals surface area contributed by atoms with Crippen LogP contribution in [-0.2, 0) is 0 Å². The molecule has 0 rings (SSSR count). The molecule has 0 unspecified atom stereocenters. The van der Waals surface area contributed by atoms with Gasteiger partial charge in [0.1, 0.15) is 9.68 Å². The van der Waals surface area contributed by atoms with E-state index in [1.807, 2.05) is 0 Å². The first kappa shape index (κ1) is 13.9. The normalized spacial score (nSPS) is 12.4. The maximum atomic E-state index is 2.66. The fourth-order valence-electron chi connectivity index (χ4n) is 1.79. The van der Waals surface area contributed by atoms with E-state index in [1.54, 1.807) is 5.57 Å². The van der Waals surface area contributed by atoms with Gasteiger partial charge in [-0.05, 0) is 24.9 Å². The highest BCUT2D eigenvalue weighted by Gasteiger charge is 2.11. The average Bonchev–Trinajstić information content (AvgIpc) is 2.11. The quantitative estimate of drug-likeness (QED) is 0.613. The van der Waals surface area contributed by atoms with Gasteiger partial charge in [-0.1, -0.05) is 52.8 Å². The molecule has 2 heteroatoms. The van der Waals surface area contributed by atoms with E-state index in [9.17, 15) is 0 Å². The van der Waals surface area contributed by atoms with Crippen molar-refractivity contribution < 1.29 is 0 Å². The molecule has 0 saturated carbocycles.